The van der Waals surface area contributed by atoms with E-state index in [-0.39, 0.29) is 0 Å². The SMILES string of the molecule is CN(C)CC1CCN(c2ncccc2C#N)CC1. The van der Waals surface area contributed by atoms with E-state index in [1.165, 1.54) is 12.8 Å². The fraction of sp³-hybridized carbons (Fsp3) is 0.571. The number of rotatable bonds is 3. The van der Waals surface area contributed by atoms with Gasteiger partial charge in [-0.05, 0) is 45.0 Å². The molecule has 0 bridgehead atoms. The number of hydrogen-bond acceptors (Lipinski definition) is 4. The highest BCUT2D eigenvalue weighted by molar-refractivity contribution is 5.53. The maximum atomic E-state index is 9.10. The minimum atomic E-state index is 0.684. The molecular formula is C14H20N4. The van der Waals surface area contributed by atoms with Crippen molar-refractivity contribution in [3.63, 3.8) is 0 Å². The van der Waals surface area contributed by atoms with Crippen LogP contribution in [0.4, 0.5) is 5.82 Å². The maximum absolute atomic E-state index is 9.10. The lowest BCUT2D eigenvalue weighted by Crippen LogP contribution is -2.37. The van der Waals surface area contributed by atoms with Crippen molar-refractivity contribution in [2.24, 2.45) is 5.92 Å². The van der Waals surface area contributed by atoms with Crippen molar-refractivity contribution in [1.29, 1.82) is 5.26 Å². The van der Waals surface area contributed by atoms with Gasteiger partial charge in [-0.15, -0.1) is 0 Å². The highest BCUT2D eigenvalue weighted by Gasteiger charge is 2.21. The summed E-state index contributed by atoms with van der Waals surface area (Å²) in [4.78, 5) is 8.84. The Morgan fingerprint density at radius 3 is 2.78 bits per heavy atom. The fourth-order valence-corrected chi connectivity index (χ4v) is 2.58. The molecule has 1 aromatic rings. The molecule has 2 rings (SSSR count). The lowest BCUT2D eigenvalue weighted by molar-refractivity contribution is 0.284. The molecule has 1 aliphatic heterocycles. The third kappa shape index (κ3) is 2.99. The molecular weight excluding hydrogens is 224 g/mol. The first-order valence-electron chi connectivity index (χ1n) is 6.45. The van der Waals surface area contributed by atoms with Crippen LogP contribution in [-0.2, 0) is 0 Å². The molecule has 0 aliphatic carbocycles. The number of hydrogen-bond donors (Lipinski definition) is 0. The molecule has 0 N–H and O–H groups in total. The van der Waals surface area contributed by atoms with Crippen LogP contribution in [-0.4, -0.2) is 43.6 Å². The van der Waals surface area contributed by atoms with Crippen molar-refractivity contribution in [3.8, 4) is 6.07 Å². The largest absolute Gasteiger partial charge is 0.356 e. The van der Waals surface area contributed by atoms with Crippen molar-refractivity contribution < 1.29 is 0 Å². The summed E-state index contributed by atoms with van der Waals surface area (Å²) in [7, 11) is 4.25. The molecule has 1 saturated heterocycles. The standard InChI is InChI=1S/C14H20N4/c1-17(2)11-12-5-8-18(9-6-12)14-13(10-15)4-3-7-16-14/h3-4,7,12H,5-6,8-9,11H2,1-2H3. The molecule has 1 fully saturated rings. The normalized spacial score (nSPS) is 16.9. The Hall–Kier alpha value is -1.60. The lowest BCUT2D eigenvalue weighted by Gasteiger charge is -2.34. The number of nitriles is 1. The second-order valence-corrected chi connectivity index (χ2v) is 5.18. The Morgan fingerprint density at radius 1 is 1.44 bits per heavy atom. The average Bonchev–Trinajstić information content (AvgIpc) is 2.39. The van der Waals surface area contributed by atoms with Gasteiger partial charge < -0.3 is 9.80 Å². The van der Waals surface area contributed by atoms with Crippen LogP contribution in [0.5, 0.6) is 0 Å². The van der Waals surface area contributed by atoms with Gasteiger partial charge in [0.1, 0.15) is 11.9 Å². The Labute approximate surface area is 109 Å². The van der Waals surface area contributed by atoms with Gasteiger partial charge in [0.05, 0.1) is 5.56 Å². The summed E-state index contributed by atoms with van der Waals surface area (Å²) < 4.78 is 0. The van der Waals surface area contributed by atoms with Gasteiger partial charge in [-0.25, -0.2) is 4.98 Å². The molecule has 4 heteroatoms. The Balaban J connectivity index is 1.99. The minimum absolute atomic E-state index is 0.684. The second kappa shape index (κ2) is 5.83. The van der Waals surface area contributed by atoms with Gasteiger partial charge >= 0.3 is 0 Å². The predicted octanol–water partition coefficient (Wildman–Crippen LogP) is 1.73. The molecule has 0 amide bonds. The van der Waals surface area contributed by atoms with Crippen molar-refractivity contribution in [1.82, 2.24) is 9.88 Å². The maximum Gasteiger partial charge on any atom is 0.146 e. The van der Waals surface area contributed by atoms with Crippen LogP contribution in [0.25, 0.3) is 0 Å². The molecule has 96 valence electrons. The zero-order valence-electron chi connectivity index (χ0n) is 11.1. The number of aromatic nitrogens is 1. The number of piperidine rings is 1. The molecule has 1 aromatic heterocycles. The van der Waals surface area contributed by atoms with E-state index in [1.54, 1.807) is 6.20 Å². The van der Waals surface area contributed by atoms with Crippen molar-refractivity contribution in [2.45, 2.75) is 12.8 Å². The molecule has 0 aromatic carbocycles. The number of pyridine rings is 1. The summed E-state index contributed by atoms with van der Waals surface area (Å²) in [6.45, 7) is 3.16. The van der Waals surface area contributed by atoms with E-state index in [4.69, 9.17) is 5.26 Å². The molecule has 0 unspecified atom stereocenters. The molecule has 1 aliphatic rings. The summed E-state index contributed by atoms with van der Waals surface area (Å²) >= 11 is 0. The minimum Gasteiger partial charge on any atom is -0.356 e. The summed E-state index contributed by atoms with van der Waals surface area (Å²) in [5.74, 6) is 1.62. The van der Waals surface area contributed by atoms with Gasteiger partial charge in [-0.1, -0.05) is 0 Å². The van der Waals surface area contributed by atoms with Crippen molar-refractivity contribution in [2.75, 3.05) is 38.6 Å². The van der Waals surface area contributed by atoms with Gasteiger partial charge in [0.25, 0.3) is 0 Å². The zero-order chi connectivity index (χ0) is 13.0. The second-order valence-electron chi connectivity index (χ2n) is 5.18. The Kier molecular flexibility index (Phi) is 4.16. The van der Waals surface area contributed by atoms with E-state index in [0.29, 0.717) is 5.56 Å². The molecule has 4 nitrogen and oxygen atoms in total. The Morgan fingerprint density at radius 2 is 2.17 bits per heavy atom. The first-order valence-corrected chi connectivity index (χ1v) is 6.45. The topological polar surface area (TPSA) is 43.2 Å². The molecule has 0 atom stereocenters. The first kappa shape index (κ1) is 12.8. The zero-order valence-corrected chi connectivity index (χ0v) is 11.1. The van der Waals surface area contributed by atoms with Crippen LogP contribution in [0.1, 0.15) is 18.4 Å². The fourth-order valence-electron chi connectivity index (χ4n) is 2.58. The van der Waals surface area contributed by atoms with Crippen LogP contribution >= 0.6 is 0 Å². The lowest BCUT2D eigenvalue weighted by atomic mass is 9.96. The van der Waals surface area contributed by atoms with Crippen molar-refractivity contribution >= 4 is 5.82 Å². The van der Waals surface area contributed by atoms with Crippen LogP contribution < -0.4 is 4.90 Å². The van der Waals surface area contributed by atoms with Crippen LogP contribution in [0.3, 0.4) is 0 Å². The highest BCUT2D eigenvalue weighted by Crippen LogP contribution is 2.24. The van der Waals surface area contributed by atoms with E-state index in [0.717, 1.165) is 31.4 Å². The van der Waals surface area contributed by atoms with Gasteiger partial charge in [0.2, 0.25) is 0 Å². The van der Waals surface area contributed by atoms with Crippen LogP contribution in [0.2, 0.25) is 0 Å². The summed E-state index contributed by atoms with van der Waals surface area (Å²) in [5, 5.41) is 9.10. The molecule has 2 heterocycles. The third-order valence-corrected chi connectivity index (χ3v) is 3.44. The van der Waals surface area contributed by atoms with E-state index in [2.05, 4.69) is 34.9 Å². The van der Waals surface area contributed by atoms with Gasteiger partial charge in [0, 0.05) is 25.8 Å². The van der Waals surface area contributed by atoms with E-state index in [1.807, 2.05) is 12.1 Å². The molecule has 0 spiro atoms. The van der Waals surface area contributed by atoms with Gasteiger partial charge in [-0.2, -0.15) is 5.26 Å². The average molecular weight is 244 g/mol. The number of nitrogens with zero attached hydrogens (tertiary/aromatic N) is 4. The summed E-state index contributed by atoms with van der Waals surface area (Å²) in [6.07, 6.45) is 4.13. The van der Waals surface area contributed by atoms with E-state index >= 15 is 0 Å². The quantitative estimate of drug-likeness (QED) is 0.812. The monoisotopic (exact) mass is 244 g/mol. The summed E-state index contributed by atoms with van der Waals surface area (Å²) in [6, 6.07) is 5.89. The smallest absolute Gasteiger partial charge is 0.146 e. The molecule has 0 radical (unpaired) electrons. The third-order valence-electron chi connectivity index (χ3n) is 3.44. The van der Waals surface area contributed by atoms with E-state index in [9.17, 15) is 0 Å². The highest BCUT2D eigenvalue weighted by atomic mass is 15.2. The van der Waals surface area contributed by atoms with Gasteiger partial charge in [0.15, 0.2) is 0 Å². The molecule has 18 heavy (non-hydrogen) atoms. The predicted molar refractivity (Wildman–Crippen MR) is 72.4 cm³/mol. The Bertz CT molecular complexity index is 428. The first-order chi connectivity index (χ1) is 8.70. The van der Waals surface area contributed by atoms with Crippen molar-refractivity contribution in [3.05, 3.63) is 23.9 Å². The molecule has 0 saturated carbocycles. The van der Waals surface area contributed by atoms with Crippen LogP contribution in [0.15, 0.2) is 18.3 Å². The summed E-state index contributed by atoms with van der Waals surface area (Å²) in [5.41, 5.74) is 0.684. The van der Waals surface area contributed by atoms with Gasteiger partial charge in [-0.3, -0.25) is 0 Å². The van der Waals surface area contributed by atoms with E-state index < -0.39 is 0 Å². The number of anilines is 1. The van der Waals surface area contributed by atoms with Crippen LogP contribution in [0, 0.1) is 17.2 Å².